The van der Waals surface area contributed by atoms with E-state index in [1.54, 1.807) is 0 Å². The number of H-pyrrole nitrogens is 1. The van der Waals surface area contributed by atoms with E-state index in [0.717, 1.165) is 30.0 Å². The third kappa shape index (κ3) is 4.38. The quantitative estimate of drug-likeness (QED) is 0.744. The Morgan fingerprint density at radius 2 is 2.25 bits per heavy atom. The Bertz CT molecular complexity index is 540. The molecule has 0 radical (unpaired) electrons. The maximum atomic E-state index is 11.6. The van der Waals surface area contributed by atoms with Gasteiger partial charge in [-0.05, 0) is 25.0 Å². The molecule has 0 aliphatic carbocycles. The fourth-order valence-corrected chi connectivity index (χ4v) is 1.75. The van der Waals surface area contributed by atoms with Crippen LogP contribution in [0.5, 0.6) is 5.75 Å². The highest BCUT2D eigenvalue weighted by atomic mass is 16.5. The van der Waals surface area contributed by atoms with Crippen LogP contribution in [0, 0.1) is 6.92 Å². The molecule has 0 aliphatic heterocycles. The van der Waals surface area contributed by atoms with E-state index in [2.05, 4.69) is 20.5 Å². The number of aromatic amines is 1. The van der Waals surface area contributed by atoms with E-state index in [1.807, 2.05) is 31.2 Å². The summed E-state index contributed by atoms with van der Waals surface area (Å²) >= 11 is 0. The predicted octanol–water partition coefficient (Wildman–Crippen LogP) is 1.24. The van der Waals surface area contributed by atoms with Gasteiger partial charge in [-0.15, -0.1) is 0 Å². The number of hydrogen-bond acceptors (Lipinski definition) is 4. The van der Waals surface area contributed by atoms with E-state index in [4.69, 9.17) is 4.74 Å². The van der Waals surface area contributed by atoms with Crippen molar-refractivity contribution in [1.82, 2.24) is 20.5 Å². The van der Waals surface area contributed by atoms with E-state index in [-0.39, 0.29) is 12.5 Å². The van der Waals surface area contributed by atoms with Crippen LogP contribution >= 0.6 is 0 Å². The predicted molar refractivity (Wildman–Crippen MR) is 74.4 cm³/mol. The average Bonchev–Trinajstić information content (AvgIpc) is 2.96. The van der Waals surface area contributed by atoms with Crippen LogP contribution < -0.4 is 10.1 Å². The largest absolute Gasteiger partial charge is 0.484 e. The van der Waals surface area contributed by atoms with Crippen LogP contribution in [0.2, 0.25) is 0 Å². The molecule has 0 bridgehead atoms. The number of amides is 1. The molecule has 0 unspecified atom stereocenters. The van der Waals surface area contributed by atoms with Crippen molar-refractivity contribution in [1.29, 1.82) is 0 Å². The number of rotatable bonds is 7. The van der Waals surface area contributed by atoms with Gasteiger partial charge in [0.1, 0.15) is 17.9 Å². The highest BCUT2D eigenvalue weighted by molar-refractivity contribution is 5.77. The molecule has 2 rings (SSSR count). The minimum atomic E-state index is -0.120. The molecule has 20 heavy (non-hydrogen) atoms. The normalized spacial score (nSPS) is 10.2. The lowest BCUT2D eigenvalue weighted by Gasteiger charge is -2.09. The van der Waals surface area contributed by atoms with Crippen LogP contribution in [0.15, 0.2) is 30.6 Å². The summed E-state index contributed by atoms with van der Waals surface area (Å²) in [6.07, 6.45) is 3.05. The van der Waals surface area contributed by atoms with Gasteiger partial charge in [0.05, 0.1) is 0 Å². The lowest BCUT2D eigenvalue weighted by atomic mass is 10.2. The molecule has 0 atom stereocenters. The highest BCUT2D eigenvalue weighted by Crippen LogP contribution is 2.15. The maximum Gasteiger partial charge on any atom is 0.257 e. The summed E-state index contributed by atoms with van der Waals surface area (Å²) in [6, 6.07) is 7.63. The Balaban J connectivity index is 1.62. The second-order valence-electron chi connectivity index (χ2n) is 4.44. The number of para-hydroxylation sites is 1. The number of ether oxygens (including phenoxy) is 1. The molecule has 1 amide bonds. The molecular formula is C14H18N4O2. The van der Waals surface area contributed by atoms with E-state index in [9.17, 15) is 4.79 Å². The van der Waals surface area contributed by atoms with Gasteiger partial charge in [-0.1, -0.05) is 18.2 Å². The van der Waals surface area contributed by atoms with Gasteiger partial charge in [0.15, 0.2) is 6.61 Å². The summed E-state index contributed by atoms with van der Waals surface area (Å²) < 4.78 is 5.46. The van der Waals surface area contributed by atoms with Gasteiger partial charge in [0.25, 0.3) is 5.91 Å². The van der Waals surface area contributed by atoms with Crippen LogP contribution in [0.25, 0.3) is 0 Å². The summed E-state index contributed by atoms with van der Waals surface area (Å²) in [5, 5.41) is 9.35. The van der Waals surface area contributed by atoms with Gasteiger partial charge in [0.2, 0.25) is 0 Å². The van der Waals surface area contributed by atoms with Gasteiger partial charge in [0, 0.05) is 13.0 Å². The number of nitrogens with zero attached hydrogens (tertiary/aromatic N) is 2. The molecule has 0 aliphatic rings. The molecule has 0 saturated carbocycles. The van der Waals surface area contributed by atoms with E-state index in [1.165, 1.54) is 6.33 Å². The fraction of sp³-hybridized carbons (Fsp3) is 0.357. The Labute approximate surface area is 117 Å². The SMILES string of the molecule is Cc1ccccc1OCC(=O)NCCCc1ncn[nH]1. The number of carbonyl (C=O) groups excluding carboxylic acids is 1. The number of nitrogens with one attached hydrogen (secondary N) is 2. The average molecular weight is 274 g/mol. The van der Waals surface area contributed by atoms with Crippen molar-refractivity contribution in [3.8, 4) is 5.75 Å². The second-order valence-corrected chi connectivity index (χ2v) is 4.44. The molecular weight excluding hydrogens is 256 g/mol. The molecule has 1 heterocycles. The van der Waals surface area contributed by atoms with Crippen LogP contribution in [0.1, 0.15) is 17.8 Å². The van der Waals surface area contributed by atoms with Crippen molar-refractivity contribution in [3.63, 3.8) is 0 Å². The third-order valence-corrected chi connectivity index (χ3v) is 2.83. The maximum absolute atomic E-state index is 11.6. The van der Waals surface area contributed by atoms with Gasteiger partial charge in [-0.3, -0.25) is 9.89 Å². The number of carbonyl (C=O) groups is 1. The Morgan fingerprint density at radius 3 is 3.00 bits per heavy atom. The smallest absolute Gasteiger partial charge is 0.257 e. The molecule has 0 saturated heterocycles. The van der Waals surface area contributed by atoms with Crippen molar-refractivity contribution in [3.05, 3.63) is 42.0 Å². The fourth-order valence-electron chi connectivity index (χ4n) is 1.75. The summed E-state index contributed by atoms with van der Waals surface area (Å²) in [7, 11) is 0. The summed E-state index contributed by atoms with van der Waals surface area (Å²) in [5.41, 5.74) is 1.02. The van der Waals surface area contributed by atoms with Crippen molar-refractivity contribution in [2.24, 2.45) is 0 Å². The standard InChI is InChI=1S/C14H18N4O2/c1-11-5-2-3-6-12(11)20-9-14(19)15-8-4-7-13-16-10-17-18-13/h2-3,5-6,10H,4,7-9H2,1H3,(H,15,19)(H,16,17,18). The highest BCUT2D eigenvalue weighted by Gasteiger charge is 2.04. The minimum absolute atomic E-state index is 0.0349. The number of aryl methyl sites for hydroxylation is 2. The molecule has 1 aromatic heterocycles. The van der Waals surface area contributed by atoms with Crippen molar-refractivity contribution in [2.75, 3.05) is 13.2 Å². The zero-order valence-electron chi connectivity index (χ0n) is 11.4. The summed E-state index contributed by atoms with van der Waals surface area (Å²) in [5.74, 6) is 1.45. The lowest BCUT2D eigenvalue weighted by Crippen LogP contribution is -2.30. The van der Waals surface area contributed by atoms with Crippen molar-refractivity contribution in [2.45, 2.75) is 19.8 Å². The Hall–Kier alpha value is -2.37. The van der Waals surface area contributed by atoms with Crippen LogP contribution in [0.4, 0.5) is 0 Å². The van der Waals surface area contributed by atoms with Crippen molar-refractivity contribution >= 4 is 5.91 Å². The molecule has 6 heteroatoms. The van der Waals surface area contributed by atoms with Crippen LogP contribution in [0.3, 0.4) is 0 Å². The molecule has 2 aromatic rings. The number of benzene rings is 1. The molecule has 1 aromatic carbocycles. The first-order valence-corrected chi connectivity index (χ1v) is 6.55. The van der Waals surface area contributed by atoms with Gasteiger partial charge in [-0.2, -0.15) is 5.10 Å². The van der Waals surface area contributed by atoms with Crippen LogP contribution in [-0.2, 0) is 11.2 Å². The first kappa shape index (κ1) is 14.0. The van der Waals surface area contributed by atoms with Gasteiger partial charge in [-0.25, -0.2) is 4.98 Å². The number of hydrogen-bond donors (Lipinski definition) is 2. The number of aromatic nitrogens is 3. The third-order valence-electron chi connectivity index (χ3n) is 2.83. The minimum Gasteiger partial charge on any atom is -0.484 e. The Morgan fingerprint density at radius 1 is 1.40 bits per heavy atom. The van der Waals surface area contributed by atoms with Crippen LogP contribution in [-0.4, -0.2) is 34.2 Å². The Kier molecular flexibility index (Phi) is 5.11. The molecule has 0 spiro atoms. The molecule has 6 nitrogen and oxygen atoms in total. The monoisotopic (exact) mass is 274 g/mol. The second kappa shape index (κ2) is 7.28. The molecule has 106 valence electrons. The van der Waals surface area contributed by atoms with Gasteiger partial charge < -0.3 is 10.1 Å². The summed E-state index contributed by atoms with van der Waals surface area (Å²) in [4.78, 5) is 15.6. The van der Waals surface area contributed by atoms with E-state index >= 15 is 0 Å². The zero-order valence-corrected chi connectivity index (χ0v) is 11.4. The zero-order chi connectivity index (χ0) is 14.2. The van der Waals surface area contributed by atoms with Gasteiger partial charge >= 0.3 is 0 Å². The first-order chi connectivity index (χ1) is 9.75. The van der Waals surface area contributed by atoms with E-state index in [0.29, 0.717) is 6.54 Å². The molecule has 0 fully saturated rings. The lowest BCUT2D eigenvalue weighted by molar-refractivity contribution is -0.123. The topological polar surface area (TPSA) is 79.9 Å². The van der Waals surface area contributed by atoms with E-state index < -0.39 is 0 Å². The first-order valence-electron chi connectivity index (χ1n) is 6.55. The molecule has 2 N–H and O–H groups in total. The van der Waals surface area contributed by atoms with Crippen molar-refractivity contribution < 1.29 is 9.53 Å². The summed E-state index contributed by atoms with van der Waals surface area (Å²) in [6.45, 7) is 2.58.